The predicted octanol–water partition coefficient (Wildman–Crippen LogP) is 3.04. The molecule has 6 unspecified atom stereocenters. The van der Waals surface area contributed by atoms with Crippen LogP contribution >= 0.6 is 0 Å². The molecule has 2 bridgehead atoms. The maximum absolute atomic E-state index is 13.0. The molecule has 0 aromatic heterocycles. The van der Waals surface area contributed by atoms with Gasteiger partial charge in [0.05, 0.1) is 11.8 Å². The molecule has 2 aromatic carbocycles. The Morgan fingerprint density at radius 1 is 0.857 bits per heavy atom. The van der Waals surface area contributed by atoms with Crippen LogP contribution in [0.5, 0.6) is 5.75 Å². The zero-order chi connectivity index (χ0) is 24.1. The van der Waals surface area contributed by atoms with Crippen LogP contribution in [0.3, 0.4) is 0 Å². The molecule has 1 heterocycles. The molecule has 2 saturated carbocycles. The summed E-state index contributed by atoms with van der Waals surface area (Å²) in [5.41, 5.74) is 1.42. The SMILES string of the molecule is O=C(CN1C(=O)C2C3C=CC(C4CC34)C2C1=O)OCC(=O)c1ccc(OCc2ccccc2)cc1. The van der Waals surface area contributed by atoms with E-state index in [2.05, 4.69) is 12.2 Å². The van der Waals surface area contributed by atoms with E-state index in [0.717, 1.165) is 16.9 Å². The van der Waals surface area contributed by atoms with Gasteiger partial charge in [0.25, 0.3) is 0 Å². The molecule has 7 rings (SSSR count). The van der Waals surface area contributed by atoms with Crippen molar-refractivity contribution in [1.29, 1.82) is 0 Å². The summed E-state index contributed by atoms with van der Waals surface area (Å²) in [6.45, 7) is -0.484. The number of hydrogen-bond donors (Lipinski definition) is 0. The zero-order valence-corrected chi connectivity index (χ0v) is 19.0. The monoisotopic (exact) mass is 471 g/mol. The molecule has 3 fully saturated rings. The molecule has 0 radical (unpaired) electrons. The van der Waals surface area contributed by atoms with Crippen LogP contribution in [-0.2, 0) is 25.7 Å². The number of rotatable bonds is 8. The summed E-state index contributed by atoms with van der Waals surface area (Å²) in [5, 5.41) is 0. The van der Waals surface area contributed by atoms with Gasteiger partial charge < -0.3 is 9.47 Å². The van der Waals surface area contributed by atoms with Gasteiger partial charge in [0.15, 0.2) is 12.4 Å². The van der Waals surface area contributed by atoms with Crippen molar-refractivity contribution in [3.63, 3.8) is 0 Å². The Labute approximate surface area is 202 Å². The van der Waals surface area contributed by atoms with Crippen molar-refractivity contribution >= 4 is 23.6 Å². The minimum absolute atomic E-state index is 0.105. The fourth-order valence-corrected chi connectivity index (χ4v) is 6.06. The number of ether oxygens (including phenoxy) is 2. The first-order chi connectivity index (χ1) is 17.0. The molecular weight excluding hydrogens is 446 g/mol. The molecular formula is C28H25NO6. The molecule has 2 amide bonds. The lowest BCUT2D eigenvalue weighted by Gasteiger charge is -2.37. The van der Waals surface area contributed by atoms with Gasteiger partial charge in [-0.25, -0.2) is 0 Å². The lowest BCUT2D eigenvalue weighted by atomic mass is 9.63. The van der Waals surface area contributed by atoms with Crippen molar-refractivity contribution in [2.75, 3.05) is 13.2 Å². The Balaban J connectivity index is 1.01. The van der Waals surface area contributed by atoms with E-state index in [-0.39, 0.29) is 41.3 Å². The Hall–Kier alpha value is -3.74. The van der Waals surface area contributed by atoms with Crippen molar-refractivity contribution in [3.05, 3.63) is 77.9 Å². The highest BCUT2D eigenvalue weighted by atomic mass is 16.5. The van der Waals surface area contributed by atoms with Gasteiger partial charge in [-0.15, -0.1) is 0 Å². The third-order valence-corrected chi connectivity index (χ3v) is 7.83. The van der Waals surface area contributed by atoms with Gasteiger partial charge in [-0.1, -0.05) is 42.5 Å². The summed E-state index contributed by atoms with van der Waals surface area (Å²) in [5.74, 6) is -0.548. The number of likely N-dealkylation sites (tertiary alicyclic amines) is 1. The van der Waals surface area contributed by atoms with Crippen molar-refractivity contribution in [2.45, 2.75) is 13.0 Å². The van der Waals surface area contributed by atoms with Gasteiger partial charge >= 0.3 is 5.97 Å². The van der Waals surface area contributed by atoms with Crippen molar-refractivity contribution in [1.82, 2.24) is 4.90 Å². The van der Waals surface area contributed by atoms with Gasteiger partial charge in [0, 0.05) is 5.56 Å². The topological polar surface area (TPSA) is 90.0 Å². The standard InChI is InChI=1S/C28H25NO6/c30-23(17-6-8-18(9-7-17)34-14-16-4-2-1-3-5-16)15-35-24(31)13-29-27(32)25-19-10-11-20(22-12-21(19)22)26(25)28(29)33/h1-11,19-22,25-26H,12-15H2. The molecule has 7 nitrogen and oxygen atoms in total. The molecule has 1 aliphatic heterocycles. The Bertz CT molecular complexity index is 1180. The predicted molar refractivity (Wildman–Crippen MR) is 124 cm³/mol. The van der Waals surface area contributed by atoms with E-state index in [1.807, 2.05) is 30.3 Å². The molecule has 4 aliphatic carbocycles. The zero-order valence-electron chi connectivity index (χ0n) is 19.0. The maximum Gasteiger partial charge on any atom is 0.326 e. The number of ketones is 1. The van der Waals surface area contributed by atoms with E-state index < -0.39 is 19.1 Å². The van der Waals surface area contributed by atoms with E-state index in [1.54, 1.807) is 24.3 Å². The summed E-state index contributed by atoms with van der Waals surface area (Å²) in [6.07, 6.45) is 5.26. The number of Topliss-reactive ketones (excluding diaryl/α,β-unsaturated/α-hetero) is 1. The lowest BCUT2D eigenvalue weighted by Crippen LogP contribution is -2.40. The second-order valence-electron chi connectivity index (χ2n) is 9.80. The third kappa shape index (κ3) is 3.85. The maximum atomic E-state index is 13.0. The number of carbonyl (C=O) groups excluding carboxylic acids is 4. The number of carbonyl (C=O) groups is 4. The van der Waals surface area contributed by atoms with Crippen LogP contribution < -0.4 is 4.74 Å². The van der Waals surface area contributed by atoms with Crippen molar-refractivity contribution in [3.8, 4) is 5.75 Å². The normalized spacial score (nSPS) is 29.5. The van der Waals surface area contributed by atoms with E-state index in [4.69, 9.17) is 9.47 Å². The number of benzene rings is 2. The number of imide groups is 1. The molecule has 6 atom stereocenters. The average molecular weight is 472 g/mol. The van der Waals surface area contributed by atoms with Crippen LogP contribution in [0.4, 0.5) is 0 Å². The van der Waals surface area contributed by atoms with E-state index in [9.17, 15) is 19.2 Å². The van der Waals surface area contributed by atoms with Crippen molar-refractivity contribution < 1.29 is 28.7 Å². The molecule has 7 heteroatoms. The van der Waals surface area contributed by atoms with Crippen LogP contribution in [-0.4, -0.2) is 41.6 Å². The van der Waals surface area contributed by atoms with E-state index >= 15 is 0 Å². The smallest absolute Gasteiger partial charge is 0.326 e. The largest absolute Gasteiger partial charge is 0.489 e. The third-order valence-electron chi connectivity index (χ3n) is 7.83. The van der Waals surface area contributed by atoms with Crippen LogP contribution in [0.2, 0.25) is 0 Å². The van der Waals surface area contributed by atoms with Crippen LogP contribution in [0.25, 0.3) is 0 Å². The summed E-state index contributed by atoms with van der Waals surface area (Å²) >= 11 is 0. The number of nitrogens with zero attached hydrogens (tertiary/aromatic N) is 1. The number of hydrogen-bond acceptors (Lipinski definition) is 6. The van der Waals surface area contributed by atoms with Gasteiger partial charge in [-0.3, -0.25) is 24.1 Å². The van der Waals surface area contributed by atoms with Gasteiger partial charge in [-0.05, 0) is 59.9 Å². The van der Waals surface area contributed by atoms with Crippen LogP contribution in [0.1, 0.15) is 22.3 Å². The second kappa shape index (κ2) is 8.48. The Morgan fingerprint density at radius 3 is 2.11 bits per heavy atom. The van der Waals surface area contributed by atoms with E-state index in [1.165, 1.54) is 0 Å². The van der Waals surface area contributed by atoms with Crippen LogP contribution in [0.15, 0.2) is 66.7 Å². The highest BCUT2D eigenvalue weighted by Crippen LogP contribution is 2.65. The fraction of sp³-hybridized carbons (Fsp3) is 0.357. The minimum Gasteiger partial charge on any atom is -0.489 e. The van der Waals surface area contributed by atoms with Crippen molar-refractivity contribution in [2.24, 2.45) is 35.5 Å². The summed E-state index contributed by atoms with van der Waals surface area (Å²) in [4.78, 5) is 51.8. The Morgan fingerprint density at radius 2 is 1.49 bits per heavy atom. The quantitative estimate of drug-likeness (QED) is 0.254. The minimum atomic E-state index is -0.757. The highest BCUT2D eigenvalue weighted by Gasteiger charge is 2.67. The first kappa shape index (κ1) is 21.8. The summed E-state index contributed by atoms with van der Waals surface area (Å²) in [7, 11) is 0. The van der Waals surface area contributed by atoms with Gasteiger partial charge in [0.1, 0.15) is 18.9 Å². The fourth-order valence-electron chi connectivity index (χ4n) is 6.06. The molecule has 0 spiro atoms. The second-order valence-corrected chi connectivity index (χ2v) is 9.80. The molecule has 5 aliphatic rings. The van der Waals surface area contributed by atoms with Crippen LogP contribution in [0, 0.1) is 35.5 Å². The summed E-state index contributed by atoms with van der Waals surface area (Å²) < 4.78 is 10.8. The average Bonchev–Trinajstić information content (AvgIpc) is 3.68. The number of amides is 2. The first-order valence-electron chi connectivity index (χ1n) is 12.0. The van der Waals surface area contributed by atoms with E-state index in [0.29, 0.717) is 29.8 Å². The number of esters is 1. The lowest BCUT2D eigenvalue weighted by molar-refractivity contribution is -0.152. The van der Waals surface area contributed by atoms with Gasteiger partial charge in [-0.2, -0.15) is 0 Å². The number of allylic oxidation sites excluding steroid dienone is 2. The molecule has 35 heavy (non-hydrogen) atoms. The highest BCUT2D eigenvalue weighted by molar-refractivity contribution is 6.08. The molecule has 1 saturated heterocycles. The summed E-state index contributed by atoms with van der Waals surface area (Å²) in [6, 6.07) is 16.3. The molecule has 0 N–H and O–H groups in total. The molecule has 178 valence electrons. The Kier molecular flexibility index (Phi) is 5.28. The first-order valence-corrected chi connectivity index (χ1v) is 12.0. The molecule has 2 aromatic rings. The van der Waals surface area contributed by atoms with Gasteiger partial charge in [0.2, 0.25) is 11.8 Å².